The van der Waals surface area contributed by atoms with E-state index in [1.807, 2.05) is 48.8 Å². The lowest BCUT2D eigenvalue weighted by molar-refractivity contribution is 0.293. The molecule has 1 saturated carbocycles. The largest absolute Gasteiger partial charge is 0.370 e. The number of pyridine rings is 2. The molecule has 2 heterocycles. The average molecular weight is 296 g/mol. The van der Waals surface area contributed by atoms with Gasteiger partial charge < -0.3 is 10.6 Å². The van der Waals surface area contributed by atoms with E-state index in [4.69, 9.17) is 0 Å². The molecule has 0 aromatic carbocycles. The standard InChI is InChI=1S/C18H24N4/c1-3-11-19-17(5-1)21-13-15-7-9-16(10-8-15)14-22-18-6-2-4-12-20-18/h1-6,11-12,15-16H,7-10,13-14H2,(H,19,21)(H,20,22). The molecule has 2 aromatic rings. The van der Waals surface area contributed by atoms with Gasteiger partial charge in [0.1, 0.15) is 11.6 Å². The molecule has 116 valence electrons. The van der Waals surface area contributed by atoms with Crippen LogP contribution in [0.2, 0.25) is 0 Å². The zero-order valence-electron chi connectivity index (χ0n) is 12.9. The Hall–Kier alpha value is -2.10. The number of nitrogens with one attached hydrogen (secondary N) is 2. The lowest BCUT2D eigenvalue weighted by Gasteiger charge is -2.29. The molecule has 4 nitrogen and oxygen atoms in total. The third kappa shape index (κ3) is 4.45. The minimum atomic E-state index is 0.771. The molecule has 1 aliphatic carbocycles. The van der Waals surface area contributed by atoms with Gasteiger partial charge >= 0.3 is 0 Å². The highest BCUT2D eigenvalue weighted by atomic mass is 15.0. The quantitative estimate of drug-likeness (QED) is 0.851. The maximum atomic E-state index is 4.31. The van der Waals surface area contributed by atoms with Crippen LogP contribution in [0.15, 0.2) is 48.8 Å². The summed E-state index contributed by atoms with van der Waals surface area (Å²) in [5.41, 5.74) is 0. The zero-order valence-corrected chi connectivity index (χ0v) is 12.9. The topological polar surface area (TPSA) is 49.8 Å². The summed E-state index contributed by atoms with van der Waals surface area (Å²) in [5.74, 6) is 3.52. The Bertz CT molecular complexity index is 484. The Kier molecular flexibility index (Phi) is 5.24. The summed E-state index contributed by atoms with van der Waals surface area (Å²) in [4.78, 5) is 8.63. The van der Waals surface area contributed by atoms with Crippen LogP contribution in [0.4, 0.5) is 11.6 Å². The molecule has 1 fully saturated rings. The molecule has 0 aliphatic heterocycles. The van der Waals surface area contributed by atoms with Gasteiger partial charge in [0.25, 0.3) is 0 Å². The van der Waals surface area contributed by atoms with Gasteiger partial charge in [0.05, 0.1) is 0 Å². The first-order chi connectivity index (χ1) is 10.9. The first kappa shape index (κ1) is 14.8. The molecule has 22 heavy (non-hydrogen) atoms. The Morgan fingerprint density at radius 1 is 0.727 bits per heavy atom. The van der Waals surface area contributed by atoms with Crippen LogP contribution < -0.4 is 10.6 Å². The van der Waals surface area contributed by atoms with Gasteiger partial charge in [-0.1, -0.05) is 12.1 Å². The molecular weight excluding hydrogens is 272 g/mol. The van der Waals surface area contributed by atoms with Gasteiger partial charge in [-0.05, 0) is 61.8 Å². The minimum Gasteiger partial charge on any atom is -0.370 e. The lowest BCUT2D eigenvalue weighted by atomic mass is 9.82. The fraction of sp³-hybridized carbons (Fsp3) is 0.444. The zero-order chi connectivity index (χ0) is 15.0. The first-order valence-electron chi connectivity index (χ1n) is 8.20. The van der Waals surface area contributed by atoms with Crippen LogP contribution in [0.3, 0.4) is 0 Å². The van der Waals surface area contributed by atoms with E-state index in [0.29, 0.717) is 0 Å². The van der Waals surface area contributed by atoms with Crippen LogP contribution in [0, 0.1) is 11.8 Å². The maximum absolute atomic E-state index is 4.31. The summed E-state index contributed by atoms with van der Waals surface area (Å²) in [5, 5.41) is 6.90. The van der Waals surface area contributed by atoms with Gasteiger partial charge in [0.15, 0.2) is 0 Å². The highest BCUT2D eigenvalue weighted by Gasteiger charge is 2.20. The second-order valence-electron chi connectivity index (χ2n) is 6.08. The molecule has 0 amide bonds. The monoisotopic (exact) mass is 296 g/mol. The fourth-order valence-electron chi connectivity index (χ4n) is 3.07. The Labute approximate surface area is 132 Å². The molecule has 0 bridgehead atoms. The number of hydrogen-bond donors (Lipinski definition) is 2. The van der Waals surface area contributed by atoms with E-state index in [-0.39, 0.29) is 0 Å². The summed E-state index contributed by atoms with van der Waals surface area (Å²) in [7, 11) is 0. The third-order valence-corrected chi connectivity index (χ3v) is 4.44. The highest BCUT2D eigenvalue weighted by molar-refractivity contribution is 5.33. The van der Waals surface area contributed by atoms with Gasteiger partial charge in [-0.2, -0.15) is 0 Å². The van der Waals surface area contributed by atoms with Crippen molar-refractivity contribution in [2.45, 2.75) is 25.7 Å². The molecule has 1 aliphatic rings. The summed E-state index contributed by atoms with van der Waals surface area (Å²) in [6, 6.07) is 12.0. The highest BCUT2D eigenvalue weighted by Crippen LogP contribution is 2.29. The second-order valence-corrected chi connectivity index (χ2v) is 6.08. The molecular formula is C18H24N4. The van der Waals surface area contributed by atoms with Crippen molar-refractivity contribution in [2.24, 2.45) is 11.8 Å². The molecule has 0 unspecified atom stereocenters. The molecule has 2 N–H and O–H groups in total. The molecule has 4 heteroatoms. The van der Waals surface area contributed by atoms with Crippen molar-refractivity contribution < 1.29 is 0 Å². The van der Waals surface area contributed by atoms with Gasteiger partial charge in [-0.15, -0.1) is 0 Å². The molecule has 2 aromatic heterocycles. The smallest absolute Gasteiger partial charge is 0.125 e. The number of hydrogen-bond acceptors (Lipinski definition) is 4. The normalized spacial score (nSPS) is 21.3. The van der Waals surface area contributed by atoms with E-state index in [1.54, 1.807) is 0 Å². The van der Waals surface area contributed by atoms with E-state index in [9.17, 15) is 0 Å². The summed E-state index contributed by atoms with van der Waals surface area (Å²) < 4.78 is 0. The molecule has 0 radical (unpaired) electrons. The maximum Gasteiger partial charge on any atom is 0.125 e. The fourth-order valence-corrected chi connectivity index (χ4v) is 3.07. The second kappa shape index (κ2) is 7.78. The lowest BCUT2D eigenvalue weighted by Crippen LogP contribution is -2.25. The van der Waals surface area contributed by atoms with Crippen LogP contribution in [0.5, 0.6) is 0 Å². The number of nitrogens with zero attached hydrogens (tertiary/aromatic N) is 2. The van der Waals surface area contributed by atoms with Crippen LogP contribution in [-0.2, 0) is 0 Å². The Balaban J connectivity index is 1.35. The summed E-state index contributed by atoms with van der Waals surface area (Å²) >= 11 is 0. The van der Waals surface area contributed by atoms with Gasteiger partial charge in [-0.3, -0.25) is 0 Å². The third-order valence-electron chi connectivity index (χ3n) is 4.44. The summed E-state index contributed by atoms with van der Waals surface area (Å²) in [6.45, 7) is 2.08. The van der Waals surface area contributed by atoms with Crippen molar-refractivity contribution in [1.82, 2.24) is 9.97 Å². The Morgan fingerprint density at radius 3 is 1.55 bits per heavy atom. The molecule has 3 rings (SSSR count). The van der Waals surface area contributed by atoms with Crippen molar-refractivity contribution in [1.29, 1.82) is 0 Å². The van der Waals surface area contributed by atoms with E-state index in [0.717, 1.165) is 36.6 Å². The van der Waals surface area contributed by atoms with E-state index >= 15 is 0 Å². The predicted octanol–water partition coefficient (Wildman–Crippen LogP) is 3.81. The molecule has 0 saturated heterocycles. The van der Waals surface area contributed by atoms with Gasteiger partial charge in [0, 0.05) is 25.5 Å². The SMILES string of the molecule is c1ccc(NCC2CCC(CNc3ccccn3)CC2)nc1. The van der Waals surface area contributed by atoms with Crippen molar-refractivity contribution in [3.63, 3.8) is 0 Å². The average Bonchev–Trinajstić information content (AvgIpc) is 2.61. The van der Waals surface area contributed by atoms with Crippen LogP contribution in [-0.4, -0.2) is 23.1 Å². The van der Waals surface area contributed by atoms with Crippen molar-refractivity contribution >= 4 is 11.6 Å². The summed E-state index contributed by atoms with van der Waals surface area (Å²) in [6.07, 6.45) is 8.87. The number of anilines is 2. The van der Waals surface area contributed by atoms with Gasteiger partial charge in [-0.25, -0.2) is 9.97 Å². The van der Waals surface area contributed by atoms with Crippen LogP contribution in [0.25, 0.3) is 0 Å². The minimum absolute atomic E-state index is 0.771. The van der Waals surface area contributed by atoms with E-state index < -0.39 is 0 Å². The van der Waals surface area contributed by atoms with Crippen LogP contribution in [0.1, 0.15) is 25.7 Å². The molecule has 0 atom stereocenters. The van der Waals surface area contributed by atoms with Crippen molar-refractivity contribution in [2.75, 3.05) is 23.7 Å². The predicted molar refractivity (Wildman–Crippen MR) is 90.9 cm³/mol. The first-order valence-corrected chi connectivity index (χ1v) is 8.20. The van der Waals surface area contributed by atoms with E-state index in [2.05, 4.69) is 20.6 Å². The number of aromatic nitrogens is 2. The van der Waals surface area contributed by atoms with Crippen molar-refractivity contribution in [3.05, 3.63) is 48.8 Å². The number of rotatable bonds is 6. The van der Waals surface area contributed by atoms with Crippen LogP contribution >= 0.6 is 0 Å². The van der Waals surface area contributed by atoms with Crippen molar-refractivity contribution in [3.8, 4) is 0 Å². The Morgan fingerprint density at radius 2 is 1.18 bits per heavy atom. The molecule has 0 spiro atoms. The van der Waals surface area contributed by atoms with E-state index in [1.165, 1.54) is 25.7 Å². The van der Waals surface area contributed by atoms with Gasteiger partial charge in [0.2, 0.25) is 0 Å².